The molecule has 1 unspecified atom stereocenters. The minimum Gasteiger partial charge on any atom is -0.435 e. The van der Waals surface area contributed by atoms with Crippen molar-refractivity contribution in [2.24, 2.45) is 0 Å². The minimum atomic E-state index is -2.81. The van der Waals surface area contributed by atoms with Crippen LogP contribution in [0, 0.1) is 0 Å². The summed E-state index contributed by atoms with van der Waals surface area (Å²) in [6, 6.07) is 6.25. The molecule has 0 spiro atoms. The molecule has 0 radical (unpaired) electrons. The van der Waals surface area contributed by atoms with Gasteiger partial charge in [0.2, 0.25) is 0 Å². The van der Waals surface area contributed by atoms with Crippen molar-refractivity contribution >= 4 is 5.69 Å². The predicted octanol–water partition coefficient (Wildman–Crippen LogP) is 2.16. The second kappa shape index (κ2) is 7.40. The Balaban J connectivity index is 1.72. The fourth-order valence-electron chi connectivity index (χ4n) is 2.32. The van der Waals surface area contributed by atoms with E-state index >= 15 is 0 Å². The van der Waals surface area contributed by atoms with Gasteiger partial charge in [-0.25, -0.2) is 0 Å². The van der Waals surface area contributed by atoms with Gasteiger partial charge in [0.25, 0.3) is 0 Å². The quantitative estimate of drug-likeness (QED) is 0.806. The number of hydrogen-bond donors (Lipinski definition) is 2. The molecule has 1 aliphatic rings. The lowest BCUT2D eigenvalue weighted by Gasteiger charge is -2.20. The van der Waals surface area contributed by atoms with Crippen molar-refractivity contribution in [1.82, 2.24) is 4.90 Å². The SMILES string of the molecule is OC(CNc1ccc(OC(F)F)cc1)CN1CCCC1. The number of aliphatic hydroxyl groups excluding tert-OH is 1. The third-order valence-electron chi connectivity index (χ3n) is 3.29. The summed E-state index contributed by atoms with van der Waals surface area (Å²) >= 11 is 0. The van der Waals surface area contributed by atoms with Crippen LogP contribution in [0.3, 0.4) is 0 Å². The fraction of sp³-hybridized carbons (Fsp3) is 0.571. The molecule has 1 heterocycles. The van der Waals surface area contributed by atoms with Gasteiger partial charge in [-0.15, -0.1) is 0 Å². The van der Waals surface area contributed by atoms with E-state index in [-0.39, 0.29) is 5.75 Å². The number of alkyl halides is 2. The molecular weight excluding hydrogens is 266 g/mol. The number of rotatable bonds is 7. The van der Waals surface area contributed by atoms with Gasteiger partial charge in [-0.2, -0.15) is 8.78 Å². The summed E-state index contributed by atoms with van der Waals surface area (Å²) < 4.78 is 28.3. The molecule has 2 N–H and O–H groups in total. The zero-order chi connectivity index (χ0) is 14.4. The molecule has 6 heteroatoms. The van der Waals surface area contributed by atoms with Crippen LogP contribution in [0.1, 0.15) is 12.8 Å². The van der Waals surface area contributed by atoms with E-state index in [9.17, 15) is 13.9 Å². The molecule has 0 aliphatic carbocycles. The van der Waals surface area contributed by atoms with Crippen molar-refractivity contribution in [3.8, 4) is 5.75 Å². The van der Waals surface area contributed by atoms with Crippen LogP contribution >= 0.6 is 0 Å². The van der Waals surface area contributed by atoms with E-state index in [4.69, 9.17) is 0 Å². The number of nitrogens with one attached hydrogen (secondary N) is 1. The highest BCUT2D eigenvalue weighted by Gasteiger charge is 2.15. The first-order valence-electron chi connectivity index (χ1n) is 6.82. The molecule has 1 atom stereocenters. The van der Waals surface area contributed by atoms with E-state index in [0.717, 1.165) is 18.8 Å². The van der Waals surface area contributed by atoms with Crippen molar-refractivity contribution < 1.29 is 18.6 Å². The molecule has 20 heavy (non-hydrogen) atoms. The summed E-state index contributed by atoms with van der Waals surface area (Å²) in [6.45, 7) is 0.398. The average molecular weight is 286 g/mol. The Morgan fingerprint density at radius 3 is 2.45 bits per heavy atom. The zero-order valence-electron chi connectivity index (χ0n) is 11.3. The molecule has 112 valence electrons. The van der Waals surface area contributed by atoms with Crippen molar-refractivity contribution in [3.05, 3.63) is 24.3 Å². The van der Waals surface area contributed by atoms with Gasteiger partial charge in [0.15, 0.2) is 0 Å². The molecule has 0 amide bonds. The van der Waals surface area contributed by atoms with E-state index in [1.807, 2.05) is 0 Å². The maximum absolute atomic E-state index is 12.0. The molecule has 1 aliphatic heterocycles. The Bertz CT molecular complexity index is 395. The van der Waals surface area contributed by atoms with Gasteiger partial charge in [-0.1, -0.05) is 0 Å². The van der Waals surface area contributed by atoms with Crippen LogP contribution in [-0.4, -0.2) is 48.9 Å². The number of likely N-dealkylation sites (tertiary alicyclic amines) is 1. The highest BCUT2D eigenvalue weighted by atomic mass is 19.3. The molecule has 1 aromatic rings. The maximum atomic E-state index is 12.0. The summed E-state index contributed by atoms with van der Waals surface area (Å²) in [5.41, 5.74) is 0.770. The lowest BCUT2D eigenvalue weighted by Crippen LogP contribution is -2.34. The second-order valence-electron chi connectivity index (χ2n) is 4.95. The summed E-state index contributed by atoms with van der Waals surface area (Å²) in [5, 5.41) is 13.0. The number of ether oxygens (including phenoxy) is 1. The van der Waals surface area contributed by atoms with Crippen molar-refractivity contribution in [2.75, 3.05) is 31.5 Å². The lowest BCUT2D eigenvalue weighted by molar-refractivity contribution is -0.0498. The summed E-state index contributed by atoms with van der Waals surface area (Å²) in [4.78, 5) is 2.24. The van der Waals surface area contributed by atoms with Gasteiger partial charge in [-0.3, -0.25) is 0 Å². The molecule has 1 aromatic carbocycles. The topological polar surface area (TPSA) is 44.7 Å². The number of benzene rings is 1. The molecule has 0 saturated carbocycles. The van der Waals surface area contributed by atoms with Crippen LogP contribution in [0.25, 0.3) is 0 Å². The molecule has 2 rings (SSSR count). The van der Waals surface area contributed by atoms with Crippen LogP contribution in [0.4, 0.5) is 14.5 Å². The third kappa shape index (κ3) is 4.94. The van der Waals surface area contributed by atoms with Gasteiger partial charge in [0.1, 0.15) is 5.75 Å². The van der Waals surface area contributed by atoms with Crippen molar-refractivity contribution in [1.29, 1.82) is 0 Å². The fourth-order valence-corrected chi connectivity index (χ4v) is 2.32. The molecule has 1 fully saturated rings. The Hall–Kier alpha value is -1.40. The monoisotopic (exact) mass is 286 g/mol. The summed E-state index contributed by atoms with van der Waals surface area (Å²) in [7, 11) is 0. The molecule has 1 saturated heterocycles. The smallest absolute Gasteiger partial charge is 0.387 e. The number of nitrogens with zero attached hydrogens (tertiary/aromatic N) is 1. The lowest BCUT2D eigenvalue weighted by atomic mass is 10.2. The van der Waals surface area contributed by atoms with Crippen LogP contribution < -0.4 is 10.1 Å². The number of aliphatic hydroxyl groups is 1. The zero-order valence-corrected chi connectivity index (χ0v) is 11.3. The number of anilines is 1. The van der Waals surface area contributed by atoms with Crippen molar-refractivity contribution in [2.45, 2.75) is 25.6 Å². The van der Waals surface area contributed by atoms with E-state index in [1.54, 1.807) is 12.1 Å². The Morgan fingerprint density at radius 1 is 1.20 bits per heavy atom. The third-order valence-corrected chi connectivity index (χ3v) is 3.29. The van der Waals surface area contributed by atoms with Gasteiger partial charge >= 0.3 is 6.61 Å². The summed E-state index contributed by atoms with van der Waals surface area (Å²) in [5.74, 6) is 0.128. The Labute approximate surface area is 117 Å². The number of hydrogen-bond acceptors (Lipinski definition) is 4. The van der Waals surface area contributed by atoms with E-state index in [1.165, 1.54) is 25.0 Å². The molecule has 0 aromatic heterocycles. The summed E-state index contributed by atoms with van der Waals surface area (Å²) in [6.07, 6.45) is 1.96. The molecule has 4 nitrogen and oxygen atoms in total. The van der Waals surface area contributed by atoms with Gasteiger partial charge in [-0.05, 0) is 50.2 Å². The first kappa shape index (κ1) is 15.0. The number of β-amino-alcohol motifs (C(OH)–C–C–N with tert-alkyl or cyclic N) is 1. The minimum absolute atomic E-state index is 0.128. The largest absolute Gasteiger partial charge is 0.435 e. The molecule has 0 bridgehead atoms. The van der Waals surface area contributed by atoms with E-state index < -0.39 is 12.7 Å². The van der Waals surface area contributed by atoms with E-state index in [2.05, 4.69) is 15.0 Å². The second-order valence-corrected chi connectivity index (χ2v) is 4.95. The van der Waals surface area contributed by atoms with Gasteiger partial charge in [0.05, 0.1) is 6.10 Å². The molecular formula is C14H20F2N2O2. The highest BCUT2D eigenvalue weighted by Crippen LogP contribution is 2.17. The first-order valence-corrected chi connectivity index (χ1v) is 6.82. The normalized spacial score (nSPS) is 17.4. The maximum Gasteiger partial charge on any atom is 0.387 e. The highest BCUT2D eigenvalue weighted by molar-refractivity contribution is 5.46. The average Bonchev–Trinajstić information content (AvgIpc) is 2.90. The standard InChI is InChI=1S/C14H20F2N2O2/c15-14(16)20-13-5-3-11(4-6-13)17-9-12(19)10-18-7-1-2-8-18/h3-6,12,14,17,19H,1-2,7-10H2. The first-order chi connectivity index (χ1) is 9.63. The number of halogens is 2. The van der Waals surface area contributed by atoms with Crippen LogP contribution in [0.5, 0.6) is 5.75 Å². The van der Waals surface area contributed by atoms with E-state index in [0.29, 0.717) is 13.1 Å². The predicted molar refractivity (Wildman–Crippen MR) is 73.2 cm³/mol. The van der Waals surface area contributed by atoms with Crippen LogP contribution in [0.15, 0.2) is 24.3 Å². The van der Waals surface area contributed by atoms with Gasteiger partial charge in [0, 0.05) is 18.8 Å². The van der Waals surface area contributed by atoms with Crippen molar-refractivity contribution in [3.63, 3.8) is 0 Å². The Kier molecular flexibility index (Phi) is 5.55. The van der Waals surface area contributed by atoms with Crippen LogP contribution in [-0.2, 0) is 0 Å². The van der Waals surface area contributed by atoms with Gasteiger partial charge < -0.3 is 20.1 Å². The van der Waals surface area contributed by atoms with Crippen LogP contribution in [0.2, 0.25) is 0 Å². The Morgan fingerprint density at radius 2 is 1.85 bits per heavy atom.